The standard InChI is InChI=1S/C30H41F2N3O4S/c31-29(32)39-30-14-18-7-9-24(23(16-30)20(12-18)15-30)33-27(38)22-8-10-25(34-28(22)40-21-5-1-2-6-21)35-11-3-4-19(17-35)13-26(36)37/h8,10,18-21,23-24,29H,1-7,9,11-17H2,(H,33,38)(H,36,37)/t18?,19-,20?,23?,24-,30-/m0/s1. The summed E-state index contributed by atoms with van der Waals surface area (Å²) in [6, 6.07) is 3.74. The fourth-order valence-corrected chi connectivity index (χ4v) is 9.89. The minimum absolute atomic E-state index is 0.0474. The minimum atomic E-state index is -2.76. The van der Waals surface area contributed by atoms with Gasteiger partial charge in [-0.1, -0.05) is 12.8 Å². The monoisotopic (exact) mass is 577 g/mol. The molecule has 6 rings (SSSR count). The van der Waals surface area contributed by atoms with Gasteiger partial charge in [-0.05, 0) is 100 Å². The van der Waals surface area contributed by atoms with Gasteiger partial charge < -0.3 is 20.1 Å². The summed E-state index contributed by atoms with van der Waals surface area (Å²) in [5.74, 6) is 0.870. The number of ether oxygens (including phenoxy) is 1. The highest BCUT2D eigenvalue weighted by Crippen LogP contribution is 2.57. The van der Waals surface area contributed by atoms with Gasteiger partial charge in [0.25, 0.3) is 5.91 Å². The molecule has 0 radical (unpaired) electrons. The van der Waals surface area contributed by atoms with Crippen LogP contribution in [0.15, 0.2) is 17.2 Å². The molecule has 1 saturated heterocycles. The zero-order valence-electron chi connectivity index (χ0n) is 23.0. The molecule has 7 nitrogen and oxygen atoms in total. The Bertz CT molecular complexity index is 1100. The number of piperidine rings is 1. The van der Waals surface area contributed by atoms with Crippen molar-refractivity contribution in [2.75, 3.05) is 18.0 Å². The first-order valence-corrected chi connectivity index (χ1v) is 16.1. The van der Waals surface area contributed by atoms with E-state index in [9.17, 15) is 23.5 Å². The van der Waals surface area contributed by atoms with E-state index in [1.807, 2.05) is 12.1 Å². The molecule has 5 aliphatic rings. The molecule has 40 heavy (non-hydrogen) atoms. The van der Waals surface area contributed by atoms with E-state index in [1.54, 1.807) is 11.8 Å². The van der Waals surface area contributed by atoms with Crippen LogP contribution in [-0.4, -0.2) is 58.6 Å². The number of alkyl halides is 2. The van der Waals surface area contributed by atoms with E-state index < -0.39 is 18.2 Å². The van der Waals surface area contributed by atoms with Crippen LogP contribution in [0.1, 0.15) is 93.8 Å². The first-order chi connectivity index (χ1) is 19.3. The van der Waals surface area contributed by atoms with Crippen molar-refractivity contribution in [3.05, 3.63) is 17.7 Å². The summed E-state index contributed by atoms with van der Waals surface area (Å²) >= 11 is 1.70. The summed E-state index contributed by atoms with van der Waals surface area (Å²) in [7, 11) is 0. The number of nitrogens with zero attached hydrogens (tertiary/aromatic N) is 2. The average molecular weight is 578 g/mol. The number of anilines is 1. The topological polar surface area (TPSA) is 91.8 Å². The van der Waals surface area contributed by atoms with Crippen LogP contribution < -0.4 is 10.2 Å². The predicted molar refractivity (Wildman–Crippen MR) is 149 cm³/mol. The van der Waals surface area contributed by atoms with Crippen molar-refractivity contribution in [3.63, 3.8) is 0 Å². The number of halogens is 2. The molecule has 0 aromatic carbocycles. The number of hydrogen-bond donors (Lipinski definition) is 2. The van der Waals surface area contributed by atoms with Crippen LogP contribution in [0.3, 0.4) is 0 Å². The van der Waals surface area contributed by atoms with Crippen LogP contribution in [0.5, 0.6) is 0 Å². The van der Waals surface area contributed by atoms with Gasteiger partial charge in [-0.25, -0.2) is 4.98 Å². The van der Waals surface area contributed by atoms with Gasteiger partial charge in [0.15, 0.2) is 0 Å². The number of hydrogen-bond acceptors (Lipinski definition) is 6. The summed E-state index contributed by atoms with van der Waals surface area (Å²) in [5, 5.41) is 13.8. The summed E-state index contributed by atoms with van der Waals surface area (Å²) in [6.45, 7) is -1.27. The Morgan fingerprint density at radius 3 is 2.73 bits per heavy atom. The number of carbonyl (C=O) groups excluding carboxylic acids is 1. The van der Waals surface area contributed by atoms with Crippen LogP contribution in [0, 0.1) is 23.7 Å². The second-order valence-corrected chi connectivity index (χ2v) is 14.2. The zero-order chi connectivity index (χ0) is 27.9. The van der Waals surface area contributed by atoms with Gasteiger partial charge in [0.1, 0.15) is 10.8 Å². The number of rotatable bonds is 9. The van der Waals surface area contributed by atoms with Crippen molar-refractivity contribution in [2.24, 2.45) is 23.7 Å². The van der Waals surface area contributed by atoms with Gasteiger partial charge in [-0.2, -0.15) is 8.78 Å². The van der Waals surface area contributed by atoms with E-state index in [0.717, 1.165) is 62.3 Å². The molecular formula is C30H41F2N3O4S. The molecule has 220 valence electrons. The third kappa shape index (κ3) is 6.13. The molecule has 4 aliphatic carbocycles. The third-order valence-corrected chi connectivity index (χ3v) is 11.5. The minimum Gasteiger partial charge on any atom is -0.481 e. The molecule has 2 heterocycles. The Balaban J connectivity index is 1.21. The van der Waals surface area contributed by atoms with Crippen LogP contribution in [0.4, 0.5) is 14.6 Å². The lowest BCUT2D eigenvalue weighted by atomic mass is 9.77. The number of aromatic nitrogens is 1. The van der Waals surface area contributed by atoms with Gasteiger partial charge >= 0.3 is 12.6 Å². The molecule has 0 spiro atoms. The lowest BCUT2D eigenvalue weighted by Crippen LogP contribution is -2.43. The summed E-state index contributed by atoms with van der Waals surface area (Å²) in [5.41, 5.74) is -0.155. The van der Waals surface area contributed by atoms with Gasteiger partial charge in [0.05, 0.1) is 11.2 Å². The Labute approximate surface area is 239 Å². The molecule has 1 aliphatic heterocycles. The van der Waals surface area contributed by atoms with E-state index in [1.165, 1.54) is 12.8 Å². The highest BCUT2D eigenvalue weighted by atomic mass is 32.2. The maximum atomic E-state index is 13.8. The Morgan fingerprint density at radius 2 is 1.95 bits per heavy atom. The number of aliphatic carboxylic acids is 1. The summed E-state index contributed by atoms with van der Waals surface area (Å²) in [6.07, 6.45) is 11.4. The van der Waals surface area contributed by atoms with Crippen LogP contribution >= 0.6 is 11.8 Å². The van der Waals surface area contributed by atoms with Crippen molar-refractivity contribution < 1.29 is 28.2 Å². The maximum Gasteiger partial charge on any atom is 0.345 e. The number of nitrogens with one attached hydrogen (secondary N) is 1. The summed E-state index contributed by atoms with van der Waals surface area (Å²) in [4.78, 5) is 32.3. The van der Waals surface area contributed by atoms with E-state index in [-0.39, 0.29) is 30.2 Å². The van der Waals surface area contributed by atoms with Gasteiger partial charge in [-0.3, -0.25) is 9.59 Å². The normalized spacial score (nSPS) is 33.9. The molecule has 1 amide bonds. The second-order valence-electron chi connectivity index (χ2n) is 13.0. The number of thioether (sulfide) groups is 1. The molecular weight excluding hydrogens is 536 g/mol. The van der Waals surface area contributed by atoms with Gasteiger partial charge in [0.2, 0.25) is 0 Å². The first kappa shape index (κ1) is 28.2. The summed E-state index contributed by atoms with van der Waals surface area (Å²) < 4.78 is 31.8. The highest BCUT2D eigenvalue weighted by Gasteiger charge is 2.56. The smallest absolute Gasteiger partial charge is 0.345 e. The van der Waals surface area contributed by atoms with Crippen molar-refractivity contribution >= 4 is 29.5 Å². The highest BCUT2D eigenvalue weighted by molar-refractivity contribution is 7.99. The molecule has 10 heteroatoms. The Kier molecular flexibility index (Phi) is 8.28. The Hall–Kier alpha value is -1.94. The number of carbonyl (C=O) groups is 2. The average Bonchev–Trinajstić information content (AvgIpc) is 3.47. The van der Waals surface area contributed by atoms with E-state index in [0.29, 0.717) is 48.5 Å². The van der Waals surface area contributed by atoms with Crippen molar-refractivity contribution in [3.8, 4) is 0 Å². The quantitative estimate of drug-likeness (QED) is 0.366. The third-order valence-electron chi connectivity index (χ3n) is 10.2. The molecule has 2 N–H and O–H groups in total. The molecule has 3 bridgehead atoms. The maximum absolute atomic E-state index is 13.8. The lowest BCUT2D eigenvalue weighted by molar-refractivity contribution is -0.219. The molecule has 3 unspecified atom stereocenters. The van der Waals surface area contributed by atoms with Gasteiger partial charge in [0, 0.05) is 30.8 Å². The zero-order valence-corrected chi connectivity index (χ0v) is 23.8. The fraction of sp³-hybridized carbons (Fsp3) is 0.767. The number of pyridine rings is 1. The first-order valence-electron chi connectivity index (χ1n) is 15.2. The lowest BCUT2D eigenvalue weighted by Gasteiger charge is -2.37. The van der Waals surface area contributed by atoms with Crippen LogP contribution in [-0.2, 0) is 9.53 Å². The van der Waals surface area contributed by atoms with Crippen molar-refractivity contribution in [1.82, 2.24) is 10.3 Å². The molecule has 5 fully saturated rings. The molecule has 4 saturated carbocycles. The van der Waals surface area contributed by atoms with Gasteiger partial charge in [-0.15, -0.1) is 11.8 Å². The largest absolute Gasteiger partial charge is 0.481 e. The predicted octanol–water partition coefficient (Wildman–Crippen LogP) is 6.11. The molecule has 6 atom stereocenters. The van der Waals surface area contributed by atoms with E-state index >= 15 is 0 Å². The van der Waals surface area contributed by atoms with Crippen molar-refractivity contribution in [1.29, 1.82) is 0 Å². The molecule has 1 aromatic heterocycles. The number of carboxylic acid groups (broad SMARTS) is 1. The second kappa shape index (κ2) is 11.7. The number of carboxylic acids is 1. The number of fused-ring (bicyclic) bond motifs is 2. The van der Waals surface area contributed by atoms with Crippen molar-refractivity contribution in [2.45, 2.75) is 112 Å². The molecule has 1 aromatic rings. The number of amides is 1. The Morgan fingerprint density at radius 1 is 1.12 bits per heavy atom. The SMILES string of the molecule is O=C(O)C[C@@H]1CCCN(c2ccc(C(=O)N[C@H]3CCC4CC5C[C@@](OC(F)F)(C4)CC53)c(SC3CCCC3)n2)C1. The van der Waals surface area contributed by atoms with E-state index in [4.69, 9.17) is 9.72 Å². The van der Waals surface area contributed by atoms with Crippen LogP contribution in [0.25, 0.3) is 0 Å². The van der Waals surface area contributed by atoms with E-state index in [2.05, 4.69) is 10.2 Å². The fourth-order valence-electron chi connectivity index (χ4n) is 8.57. The van der Waals surface area contributed by atoms with Crippen LogP contribution in [0.2, 0.25) is 0 Å².